The summed E-state index contributed by atoms with van der Waals surface area (Å²) in [6.45, 7) is 22.5. The predicted octanol–water partition coefficient (Wildman–Crippen LogP) is 9.12. The third-order valence-corrected chi connectivity index (χ3v) is 17.2. The Balaban J connectivity index is 1.28. The Kier molecular flexibility index (Phi) is 11.9. The van der Waals surface area contributed by atoms with Crippen LogP contribution in [0.5, 0.6) is 0 Å². The van der Waals surface area contributed by atoms with E-state index in [-0.39, 0.29) is 51.8 Å². The fourth-order valence-corrected chi connectivity index (χ4v) is 13.8. The van der Waals surface area contributed by atoms with Crippen LogP contribution in [0.2, 0.25) is 5.02 Å². The quantitative estimate of drug-likeness (QED) is 0.170. The lowest BCUT2D eigenvalue weighted by atomic mass is 9.33. The van der Waals surface area contributed by atoms with Crippen LogP contribution >= 0.6 is 11.6 Å². The van der Waals surface area contributed by atoms with Crippen LogP contribution in [0.25, 0.3) is 0 Å². The van der Waals surface area contributed by atoms with Gasteiger partial charge in [-0.2, -0.15) is 0 Å². The number of ketones is 1. The highest BCUT2D eigenvalue weighted by Crippen LogP contribution is 2.77. The van der Waals surface area contributed by atoms with Crippen molar-refractivity contribution in [3.05, 3.63) is 46.0 Å². The molecule has 1 aromatic rings. The third kappa shape index (κ3) is 7.12. The van der Waals surface area contributed by atoms with E-state index in [9.17, 15) is 24.6 Å². The van der Waals surface area contributed by atoms with Crippen molar-refractivity contribution in [3.63, 3.8) is 0 Å². The molecule has 0 unspecified atom stereocenters. The fraction of sp³-hybridized carbons (Fsp3) is 0.766. The predicted molar refractivity (Wildman–Crippen MR) is 222 cm³/mol. The first kappa shape index (κ1) is 43.3. The zero-order valence-corrected chi connectivity index (χ0v) is 36.8. The number of carbonyl (C=O) groups is 3. The van der Waals surface area contributed by atoms with Crippen molar-refractivity contribution in [2.24, 2.45) is 56.2 Å². The molecule has 5 aliphatic rings. The SMILES string of the molecule is CNCCN(Cc1ccc(Cl)cc1)C[C@@H](O)[C@@]12CC[C@]3(C)[C@H](CC[C@@H]4[C@@]5(C)CC[C@H](OC(=O)CC(C)(C)C(=O)O)C(C)(C)[C@@H]5CC[C@]43C)C1=C(C(C)C)C(=O)C2. The van der Waals surface area contributed by atoms with Crippen molar-refractivity contribution in [1.29, 1.82) is 0 Å². The Morgan fingerprint density at radius 2 is 1.64 bits per heavy atom. The summed E-state index contributed by atoms with van der Waals surface area (Å²) in [6.07, 6.45) is 7.13. The number of carboxylic acids is 1. The number of ether oxygens (including phenoxy) is 1. The summed E-state index contributed by atoms with van der Waals surface area (Å²) in [7, 11) is 1.96. The number of nitrogens with one attached hydrogen (secondary N) is 1. The van der Waals surface area contributed by atoms with E-state index in [1.807, 2.05) is 19.2 Å². The van der Waals surface area contributed by atoms with Crippen LogP contribution in [0.3, 0.4) is 0 Å². The summed E-state index contributed by atoms with van der Waals surface area (Å²) in [5, 5.41) is 26.3. The van der Waals surface area contributed by atoms with Gasteiger partial charge in [0, 0.05) is 48.5 Å². The molecule has 0 bridgehead atoms. The molecule has 4 fully saturated rings. The molecule has 0 aromatic heterocycles. The summed E-state index contributed by atoms with van der Waals surface area (Å²) in [5.41, 5.74) is 1.53. The Hall–Kier alpha value is -2.26. The summed E-state index contributed by atoms with van der Waals surface area (Å²) < 4.78 is 6.19. The first-order valence-corrected chi connectivity index (χ1v) is 22.0. The molecule has 8 nitrogen and oxygen atoms in total. The highest BCUT2D eigenvalue weighted by Gasteiger charge is 2.71. The molecule has 0 radical (unpaired) electrons. The molecule has 4 saturated carbocycles. The van der Waals surface area contributed by atoms with Crippen LogP contribution in [-0.4, -0.2) is 71.7 Å². The van der Waals surface area contributed by atoms with Gasteiger partial charge in [0.15, 0.2) is 5.78 Å². The zero-order valence-electron chi connectivity index (χ0n) is 36.0. The number of fused-ring (bicyclic) bond motifs is 7. The van der Waals surface area contributed by atoms with E-state index in [0.717, 1.165) is 75.6 Å². The van der Waals surface area contributed by atoms with Gasteiger partial charge in [0.05, 0.1) is 17.9 Å². The Morgan fingerprint density at radius 3 is 2.27 bits per heavy atom. The summed E-state index contributed by atoms with van der Waals surface area (Å²) in [5.74, 6) is 0.000592. The van der Waals surface area contributed by atoms with Crippen LogP contribution in [-0.2, 0) is 25.7 Å². The second-order valence-corrected chi connectivity index (χ2v) is 21.5. The summed E-state index contributed by atoms with van der Waals surface area (Å²) >= 11 is 6.22. The molecule has 0 heterocycles. The number of aliphatic carboxylic acids is 1. The van der Waals surface area contributed by atoms with E-state index < -0.39 is 28.9 Å². The molecule has 3 N–H and O–H groups in total. The summed E-state index contributed by atoms with van der Waals surface area (Å²) in [6, 6.07) is 7.97. The van der Waals surface area contributed by atoms with Gasteiger partial charge in [0.25, 0.3) is 0 Å². The maximum absolute atomic E-state index is 14.3. The van der Waals surface area contributed by atoms with Crippen molar-refractivity contribution >= 4 is 29.3 Å². The number of hydrogen-bond acceptors (Lipinski definition) is 7. The number of halogens is 1. The molecule has 9 heteroatoms. The van der Waals surface area contributed by atoms with Crippen LogP contribution in [0.15, 0.2) is 35.4 Å². The Labute approximate surface area is 341 Å². The van der Waals surface area contributed by atoms with Crippen molar-refractivity contribution in [3.8, 4) is 0 Å². The van der Waals surface area contributed by atoms with Gasteiger partial charge in [-0.1, -0.05) is 77.8 Å². The maximum Gasteiger partial charge on any atom is 0.309 e. The minimum atomic E-state index is -1.17. The van der Waals surface area contributed by atoms with Gasteiger partial charge in [0.1, 0.15) is 6.10 Å². The fourth-order valence-electron chi connectivity index (χ4n) is 13.7. The highest BCUT2D eigenvalue weighted by molar-refractivity contribution is 6.30. The lowest BCUT2D eigenvalue weighted by Crippen LogP contribution is -2.66. The molecule has 56 heavy (non-hydrogen) atoms. The Bertz CT molecular complexity index is 1700. The van der Waals surface area contributed by atoms with E-state index in [1.165, 1.54) is 5.57 Å². The van der Waals surface area contributed by atoms with E-state index in [4.69, 9.17) is 16.3 Å². The van der Waals surface area contributed by atoms with Gasteiger partial charge in [-0.05, 0) is 135 Å². The normalized spacial score (nSPS) is 35.8. The first-order valence-electron chi connectivity index (χ1n) is 21.6. The van der Waals surface area contributed by atoms with Gasteiger partial charge < -0.3 is 20.3 Å². The van der Waals surface area contributed by atoms with E-state index in [0.29, 0.717) is 36.4 Å². The van der Waals surface area contributed by atoms with Crippen molar-refractivity contribution in [2.45, 2.75) is 145 Å². The number of rotatable bonds is 13. The number of allylic oxidation sites excluding steroid dienone is 1. The third-order valence-electron chi connectivity index (χ3n) is 16.9. The molecule has 312 valence electrons. The molecule has 0 aliphatic heterocycles. The summed E-state index contributed by atoms with van der Waals surface area (Å²) in [4.78, 5) is 41.5. The topological polar surface area (TPSA) is 116 Å². The number of nitrogens with zero attached hydrogens (tertiary/aromatic N) is 1. The second-order valence-electron chi connectivity index (χ2n) is 21.0. The molecule has 9 atom stereocenters. The van der Waals surface area contributed by atoms with Gasteiger partial charge in [-0.25, -0.2) is 0 Å². The minimum absolute atomic E-state index is 0.0296. The molecule has 5 aliphatic carbocycles. The number of likely N-dealkylation sites (N-methyl/N-ethyl adjacent to an activating group) is 1. The highest BCUT2D eigenvalue weighted by atomic mass is 35.5. The van der Waals surface area contributed by atoms with Gasteiger partial charge in [-0.15, -0.1) is 0 Å². The van der Waals surface area contributed by atoms with Crippen molar-refractivity contribution in [2.75, 3.05) is 26.7 Å². The molecule has 0 amide bonds. The van der Waals surface area contributed by atoms with Crippen LogP contribution in [0.1, 0.15) is 132 Å². The van der Waals surface area contributed by atoms with Crippen LogP contribution in [0.4, 0.5) is 0 Å². The second kappa shape index (κ2) is 15.4. The van der Waals surface area contributed by atoms with Crippen molar-refractivity contribution < 1.29 is 29.3 Å². The molecule has 1 aromatic carbocycles. The molecule has 0 spiro atoms. The number of aliphatic hydroxyl groups is 1. The smallest absolute Gasteiger partial charge is 0.309 e. The number of esters is 1. The average Bonchev–Trinajstić information content (AvgIpc) is 3.42. The maximum atomic E-state index is 14.3. The lowest BCUT2D eigenvalue weighted by Gasteiger charge is -2.72. The molecular weight excluding hydrogens is 724 g/mol. The number of aliphatic hydroxyl groups excluding tert-OH is 1. The Morgan fingerprint density at radius 1 is 0.964 bits per heavy atom. The van der Waals surface area contributed by atoms with E-state index >= 15 is 0 Å². The standard InChI is InChI=1S/C47H71ClN2O6/c1-29(2)39-33(51)25-47(36(52)28-50(24-23-49-10)27-30-11-13-31(48)14-12-30)22-21-45(8)32(40(39)47)15-16-35-44(7)19-18-37(56-38(53)26-42(3,4)41(54)55)43(5,6)34(44)17-20-46(35,45)9/h11-14,29,32,34-37,49,52H,15-28H2,1-10H3,(H,54,55)/t32-,34+,35-,36-,37+,44+,45-,46-,47+/m1/s1. The van der Waals surface area contributed by atoms with Gasteiger partial charge >= 0.3 is 11.9 Å². The lowest BCUT2D eigenvalue weighted by molar-refractivity contribution is -0.235. The van der Waals surface area contributed by atoms with Crippen LogP contribution in [0, 0.1) is 56.2 Å². The number of carbonyl (C=O) groups excluding carboxylic acids is 2. The van der Waals surface area contributed by atoms with Gasteiger partial charge in [-0.3, -0.25) is 19.3 Å². The monoisotopic (exact) mass is 795 g/mol. The number of Topliss-reactive ketones (excluding diaryl/α,β-unsaturated/α-hetero) is 1. The number of carboxylic acid groups (broad SMARTS) is 1. The largest absolute Gasteiger partial charge is 0.481 e. The molecule has 6 rings (SSSR count). The van der Waals surface area contributed by atoms with Crippen LogP contribution < -0.4 is 5.32 Å². The van der Waals surface area contributed by atoms with Crippen molar-refractivity contribution in [1.82, 2.24) is 10.2 Å². The first-order chi connectivity index (χ1) is 26.1. The number of benzene rings is 1. The van der Waals surface area contributed by atoms with E-state index in [1.54, 1.807) is 13.8 Å². The molecular formula is C47H71ClN2O6. The van der Waals surface area contributed by atoms with Gasteiger partial charge in [0.2, 0.25) is 0 Å². The number of hydrogen-bond donors (Lipinski definition) is 3. The zero-order chi connectivity index (χ0) is 41.2. The molecule has 0 saturated heterocycles. The average molecular weight is 796 g/mol. The van der Waals surface area contributed by atoms with E-state index in [2.05, 4.69) is 70.8 Å². The minimum Gasteiger partial charge on any atom is -0.481 e.